The molecule has 8 heteroatoms. The number of hydrogen-bond donors (Lipinski definition) is 1. The zero-order chi connectivity index (χ0) is 20.7. The number of aromatic nitrogens is 2. The van der Waals surface area contributed by atoms with E-state index < -0.39 is 0 Å². The highest BCUT2D eigenvalue weighted by molar-refractivity contribution is 6.30. The van der Waals surface area contributed by atoms with Crippen LogP contribution in [0.3, 0.4) is 0 Å². The Labute approximate surface area is 178 Å². The molecule has 3 heterocycles. The second kappa shape index (κ2) is 7.42. The molecule has 0 radical (unpaired) electrons. The fourth-order valence-corrected chi connectivity index (χ4v) is 3.96. The number of amides is 1. The third-order valence-electron chi connectivity index (χ3n) is 5.26. The molecule has 1 aromatic heterocycles. The van der Waals surface area contributed by atoms with Crippen LogP contribution < -0.4 is 15.0 Å². The van der Waals surface area contributed by atoms with E-state index >= 15 is 0 Å². The minimum atomic E-state index is -0.220. The summed E-state index contributed by atoms with van der Waals surface area (Å²) in [6, 6.07) is 13.4. The average Bonchev–Trinajstić information content (AvgIpc) is 3.32. The molecular formula is C22H18ClN5O2. The number of carbonyl (C=O) groups excluding carboxylic acids is 1. The Hall–Kier alpha value is -3.45. The number of fused-ring (bicyclic) bond motifs is 2. The molecular weight excluding hydrogens is 402 g/mol. The second-order valence-corrected chi connectivity index (χ2v) is 7.51. The number of nitrogens with zero attached hydrogens (tertiary/aromatic N) is 4. The number of methoxy groups -OCH3 is 1. The van der Waals surface area contributed by atoms with Gasteiger partial charge in [-0.05, 0) is 42.3 Å². The van der Waals surface area contributed by atoms with Gasteiger partial charge in [-0.2, -0.15) is 4.98 Å². The normalized spacial score (nSPS) is 14.1. The molecule has 0 saturated carbocycles. The minimum Gasteiger partial charge on any atom is -0.497 e. The SMILES string of the molecule is COc1ccc(CN2CCc3c(Cl)nc(Nc4ccc5c(c4)C=NC5=O)nc32)cc1. The molecule has 0 spiro atoms. The van der Waals surface area contributed by atoms with Crippen molar-refractivity contribution in [3.63, 3.8) is 0 Å². The molecule has 0 atom stereocenters. The lowest BCUT2D eigenvalue weighted by atomic mass is 10.1. The number of benzene rings is 2. The molecule has 2 aromatic carbocycles. The van der Waals surface area contributed by atoms with Gasteiger partial charge in [-0.3, -0.25) is 4.79 Å². The van der Waals surface area contributed by atoms with Crippen LogP contribution in [0.25, 0.3) is 0 Å². The van der Waals surface area contributed by atoms with Crippen molar-refractivity contribution in [2.24, 2.45) is 4.99 Å². The predicted molar refractivity (Wildman–Crippen MR) is 116 cm³/mol. The van der Waals surface area contributed by atoms with Crippen LogP contribution in [-0.4, -0.2) is 35.7 Å². The summed E-state index contributed by atoms with van der Waals surface area (Å²) in [6.45, 7) is 1.55. The van der Waals surface area contributed by atoms with E-state index in [9.17, 15) is 4.79 Å². The molecule has 5 rings (SSSR count). The van der Waals surface area contributed by atoms with Gasteiger partial charge in [0, 0.05) is 36.1 Å². The Balaban J connectivity index is 1.39. The lowest BCUT2D eigenvalue weighted by Gasteiger charge is -2.19. The summed E-state index contributed by atoms with van der Waals surface area (Å²) in [4.78, 5) is 26.8. The molecule has 2 aliphatic rings. The Morgan fingerprint density at radius 1 is 1.17 bits per heavy atom. The maximum absolute atomic E-state index is 11.7. The van der Waals surface area contributed by atoms with Crippen molar-refractivity contribution in [1.82, 2.24) is 9.97 Å². The summed E-state index contributed by atoms with van der Waals surface area (Å²) < 4.78 is 5.23. The van der Waals surface area contributed by atoms with Crippen molar-refractivity contribution < 1.29 is 9.53 Å². The summed E-state index contributed by atoms with van der Waals surface area (Å²) in [7, 11) is 1.66. The van der Waals surface area contributed by atoms with Crippen LogP contribution >= 0.6 is 11.6 Å². The van der Waals surface area contributed by atoms with E-state index in [0.717, 1.165) is 53.5 Å². The Morgan fingerprint density at radius 2 is 2.00 bits per heavy atom. The van der Waals surface area contributed by atoms with Crippen LogP contribution in [0.5, 0.6) is 5.75 Å². The second-order valence-electron chi connectivity index (χ2n) is 7.15. The Kier molecular flexibility index (Phi) is 4.59. The fourth-order valence-electron chi connectivity index (χ4n) is 3.70. The van der Waals surface area contributed by atoms with Crippen LogP contribution in [0.1, 0.15) is 27.0 Å². The van der Waals surface area contributed by atoms with Crippen LogP contribution in [0.4, 0.5) is 17.5 Å². The van der Waals surface area contributed by atoms with E-state index in [1.165, 1.54) is 0 Å². The molecule has 7 nitrogen and oxygen atoms in total. The maximum Gasteiger partial charge on any atom is 0.277 e. The minimum absolute atomic E-state index is 0.220. The third-order valence-corrected chi connectivity index (χ3v) is 5.57. The van der Waals surface area contributed by atoms with Gasteiger partial charge in [0.15, 0.2) is 0 Å². The lowest BCUT2D eigenvalue weighted by Crippen LogP contribution is -2.20. The van der Waals surface area contributed by atoms with Crippen molar-refractivity contribution in [3.05, 3.63) is 69.9 Å². The van der Waals surface area contributed by atoms with E-state index in [4.69, 9.17) is 21.3 Å². The Bertz CT molecular complexity index is 1180. The standard InChI is InChI=1S/C22H18ClN5O2/c1-30-16-5-2-13(3-6-16)12-28-9-8-18-19(23)26-22(27-20(18)28)25-15-4-7-17-14(10-15)11-24-21(17)29/h2-7,10-11H,8-9,12H2,1H3,(H,25,26,27). The lowest BCUT2D eigenvalue weighted by molar-refractivity contribution is 0.101. The predicted octanol–water partition coefficient (Wildman–Crippen LogP) is 4.02. The van der Waals surface area contributed by atoms with Gasteiger partial charge >= 0.3 is 0 Å². The van der Waals surface area contributed by atoms with Crippen molar-refractivity contribution >= 4 is 41.2 Å². The number of aliphatic imine (C=N–C) groups is 1. The maximum atomic E-state index is 11.7. The highest BCUT2D eigenvalue weighted by Gasteiger charge is 2.25. The monoisotopic (exact) mass is 419 g/mol. The molecule has 0 fully saturated rings. The molecule has 2 aliphatic heterocycles. The molecule has 1 amide bonds. The topological polar surface area (TPSA) is 79.7 Å². The van der Waals surface area contributed by atoms with Crippen LogP contribution in [0.2, 0.25) is 5.15 Å². The zero-order valence-corrected chi connectivity index (χ0v) is 17.0. The first-order valence-electron chi connectivity index (χ1n) is 9.54. The largest absolute Gasteiger partial charge is 0.497 e. The summed E-state index contributed by atoms with van der Waals surface area (Å²) in [6.07, 6.45) is 2.37. The molecule has 0 saturated heterocycles. The Morgan fingerprint density at radius 3 is 2.80 bits per heavy atom. The van der Waals surface area contributed by atoms with E-state index in [1.807, 2.05) is 36.4 Å². The fraction of sp³-hybridized carbons (Fsp3) is 0.182. The highest BCUT2D eigenvalue weighted by atomic mass is 35.5. The van der Waals surface area contributed by atoms with Gasteiger partial charge in [0.05, 0.1) is 12.7 Å². The summed E-state index contributed by atoms with van der Waals surface area (Å²) in [5.74, 6) is 1.87. The molecule has 3 aromatic rings. The van der Waals surface area contributed by atoms with E-state index in [0.29, 0.717) is 16.7 Å². The number of ether oxygens (including phenoxy) is 1. The number of carbonyl (C=O) groups is 1. The molecule has 150 valence electrons. The summed E-state index contributed by atoms with van der Waals surface area (Å²) in [5, 5.41) is 3.65. The van der Waals surface area contributed by atoms with Gasteiger partial charge in [0.2, 0.25) is 5.95 Å². The van der Waals surface area contributed by atoms with Gasteiger partial charge in [-0.1, -0.05) is 23.7 Å². The number of halogens is 1. The van der Waals surface area contributed by atoms with Crippen molar-refractivity contribution in [3.8, 4) is 5.75 Å². The van der Waals surface area contributed by atoms with E-state index in [1.54, 1.807) is 19.4 Å². The van der Waals surface area contributed by atoms with Gasteiger partial charge < -0.3 is 15.0 Å². The number of rotatable bonds is 5. The summed E-state index contributed by atoms with van der Waals surface area (Å²) >= 11 is 6.46. The highest BCUT2D eigenvalue weighted by Crippen LogP contribution is 2.34. The van der Waals surface area contributed by atoms with E-state index in [-0.39, 0.29) is 5.91 Å². The van der Waals surface area contributed by atoms with Crippen LogP contribution in [0, 0.1) is 0 Å². The zero-order valence-electron chi connectivity index (χ0n) is 16.2. The third kappa shape index (κ3) is 3.37. The molecule has 0 bridgehead atoms. The molecule has 30 heavy (non-hydrogen) atoms. The molecule has 1 N–H and O–H groups in total. The van der Waals surface area contributed by atoms with Gasteiger partial charge in [0.25, 0.3) is 5.91 Å². The number of hydrogen-bond acceptors (Lipinski definition) is 6. The summed E-state index contributed by atoms with van der Waals surface area (Å²) in [5.41, 5.74) is 4.26. The first-order valence-corrected chi connectivity index (χ1v) is 9.92. The van der Waals surface area contributed by atoms with Crippen LogP contribution in [-0.2, 0) is 13.0 Å². The van der Waals surface area contributed by atoms with Gasteiger partial charge in [0.1, 0.15) is 16.7 Å². The van der Waals surface area contributed by atoms with E-state index in [2.05, 4.69) is 20.2 Å². The smallest absolute Gasteiger partial charge is 0.277 e. The quantitative estimate of drug-likeness (QED) is 0.629. The number of anilines is 3. The van der Waals surface area contributed by atoms with Gasteiger partial charge in [-0.25, -0.2) is 9.98 Å². The molecule has 0 aliphatic carbocycles. The molecule has 0 unspecified atom stereocenters. The van der Waals surface area contributed by atoms with Crippen molar-refractivity contribution in [1.29, 1.82) is 0 Å². The van der Waals surface area contributed by atoms with Gasteiger partial charge in [-0.15, -0.1) is 0 Å². The van der Waals surface area contributed by atoms with Crippen molar-refractivity contribution in [2.75, 3.05) is 23.9 Å². The average molecular weight is 420 g/mol. The van der Waals surface area contributed by atoms with Crippen molar-refractivity contribution in [2.45, 2.75) is 13.0 Å². The van der Waals surface area contributed by atoms with Crippen LogP contribution in [0.15, 0.2) is 47.5 Å². The first-order chi connectivity index (χ1) is 14.6. The first kappa shape index (κ1) is 18.6. The number of nitrogens with one attached hydrogen (secondary N) is 1.